The molecule has 1 N–H and O–H groups in total. The van der Waals surface area contributed by atoms with Gasteiger partial charge in [-0.1, -0.05) is 6.07 Å². The molecule has 0 aromatic heterocycles. The minimum atomic E-state index is -3.58. The Bertz CT molecular complexity index is 713. The van der Waals surface area contributed by atoms with Crippen LogP contribution in [0.2, 0.25) is 0 Å². The number of amides is 1. The van der Waals surface area contributed by atoms with E-state index < -0.39 is 10.0 Å². The summed E-state index contributed by atoms with van der Waals surface area (Å²) in [6.07, 6.45) is 4.50. The van der Waals surface area contributed by atoms with Crippen LogP contribution in [0.4, 0.5) is 0 Å². The Balaban J connectivity index is 1.76. The van der Waals surface area contributed by atoms with Crippen LogP contribution in [0.1, 0.15) is 44.2 Å². The first kappa shape index (κ1) is 16.5. The summed E-state index contributed by atoms with van der Waals surface area (Å²) in [7, 11) is -3.58. The Kier molecular flexibility index (Phi) is 4.47. The van der Waals surface area contributed by atoms with Gasteiger partial charge in [-0.05, 0) is 62.8 Å². The zero-order valence-corrected chi connectivity index (χ0v) is 14.5. The molecule has 1 unspecified atom stereocenters. The highest BCUT2D eigenvalue weighted by Gasteiger charge is 2.34. The molecule has 1 atom stereocenters. The third kappa shape index (κ3) is 3.43. The predicted molar refractivity (Wildman–Crippen MR) is 88.7 cm³/mol. The lowest BCUT2D eigenvalue weighted by Crippen LogP contribution is -2.38. The number of fused-ring (bicyclic) bond motifs is 1. The molecule has 1 aromatic carbocycles. The number of nitrogens with one attached hydrogen (secondary N) is 1. The van der Waals surface area contributed by atoms with Gasteiger partial charge in [0.25, 0.3) is 0 Å². The van der Waals surface area contributed by atoms with Crippen molar-refractivity contribution in [3.05, 3.63) is 29.3 Å². The third-order valence-electron chi connectivity index (χ3n) is 4.73. The van der Waals surface area contributed by atoms with Gasteiger partial charge in [0.15, 0.2) is 0 Å². The number of sulfonamides is 1. The van der Waals surface area contributed by atoms with Crippen molar-refractivity contribution in [3.63, 3.8) is 0 Å². The maximum Gasteiger partial charge on any atom is 0.240 e. The number of carbonyl (C=O) groups is 1. The molecule has 0 bridgehead atoms. The molecule has 2 aliphatic rings. The van der Waals surface area contributed by atoms with Gasteiger partial charge in [-0.25, -0.2) is 13.1 Å². The van der Waals surface area contributed by atoms with Crippen molar-refractivity contribution in [2.75, 3.05) is 6.54 Å². The monoisotopic (exact) mass is 336 g/mol. The van der Waals surface area contributed by atoms with Gasteiger partial charge >= 0.3 is 0 Å². The smallest absolute Gasteiger partial charge is 0.240 e. The highest BCUT2D eigenvalue weighted by molar-refractivity contribution is 7.89. The summed E-state index contributed by atoms with van der Waals surface area (Å²) in [5, 5.41) is 0. The normalized spacial score (nSPS) is 21.8. The zero-order chi connectivity index (χ0) is 16.6. The summed E-state index contributed by atoms with van der Waals surface area (Å²) in [6, 6.07) is 5.17. The van der Waals surface area contributed by atoms with Gasteiger partial charge in [0.05, 0.1) is 4.90 Å². The number of nitrogens with zero attached hydrogens (tertiary/aromatic N) is 1. The Morgan fingerprint density at radius 1 is 1.17 bits per heavy atom. The first-order valence-electron chi connectivity index (χ1n) is 8.30. The van der Waals surface area contributed by atoms with E-state index in [0.717, 1.165) is 24.8 Å². The standard InChI is InChI=1S/C17H24N2O3S/c1-12(2)19-11-15(10-17(19)20)18-23(21,22)16-8-7-13-5-3-4-6-14(13)9-16/h7-9,12,15,18H,3-6,10-11H2,1-2H3. The van der Waals surface area contributed by atoms with Crippen molar-refractivity contribution in [2.24, 2.45) is 0 Å². The molecule has 1 aromatic rings. The SMILES string of the molecule is CC(C)N1CC(NS(=O)(=O)c2ccc3c(c2)CCCC3)CC1=O. The van der Waals surface area contributed by atoms with Crippen LogP contribution in [-0.2, 0) is 27.7 Å². The average molecular weight is 336 g/mol. The first-order valence-corrected chi connectivity index (χ1v) is 9.79. The third-order valence-corrected chi connectivity index (χ3v) is 6.25. The van der Waals surface area contributed by atoms with Crippen molar-refractivity contribution in [2.45, 2.75) is 62.9 Å². The van der Waals surface area contributed by atoms with E-state index in [4.69, 9.17) is 0 Å². The second kappa shape index (κ2) is 6.24. The summed E-state index contributed by atoms with van der Waals surface area (Å²) in [6.45, 7) is 4.33. The van der Waals surface area contributed by atoms with Gasteiger partial charge in [-0.2, -0.15) is 0 Å². The fraction of sp³-hybridized carbons (Fsp3) is 0.588. The van der Waals surface area contributed by atoms with Crippen LogP contribution in [0.25, 0.3) is 0 Å². The summed E-state index contributed by atoms with van der Waals surface area (Å²) in [5.74, 6) is 0.0122. The lowest BCUT2D eigenvalue weighted by Gasteiger charge is -2.21. The van der Waals surface area contributed by atoms with E-state index >= 15 is 0 Å². The van der Waals surface area contributed by atoms with Gasteiger partial charge in [0.2, 0.25) is 15.9 Å². The number of carbonyl (C=O) groups excluding carboxylic acids is 1. The molecule has 5 nitrogen and oxygen atoms in total. The second-order valence-electron chi connectivity index (χ2n) is 6.80. The maximum absolute atomic E-state index is 12.6. The molecule has 1 fully saturated rings. The predicted octanol–water partition coefficient (Wildman–Crippen LogP) is 1.85. The van der Waals surface area contributed by atoms with Crippen LogP contribution >= 0.6 is 0 Å². The number of benzene rings is 1. The molecule has 1 aliphatic heterocycles. The molecule has 126 valence electrons. The van der Waals surface area contributed by atoms with Crippen molar-refractivity contribution in [3.8, 4) is 0 Å². The van der Waals surface area contributed by atoms with Crippen molar-refractivity contribution >= 4 is 15.9 Å². The quantitative estimate of drug-likeness (QED) is 0.912. The van der Waals surface area contributed by atoms with E-state index in [-0.39, 0.29) is 24.4 Å². The Hall–Kier alpha value is -1.40. The minimum absolute atomic E-state index is 0.0122. The molecule has 0 radical (unpaired) electrons. The van der Waals surface area contributed by atoms with E-state index in [1.165, 1.54) is 12.0 Å². The maximum atomic E-state index is 12.6. The van der Waals surface area contributed by atoms with Crippen molar-refractivity contribution in [1.29, 1.82) is 0 Å². The molecule has 6 heteroatoms. The van der Waals surface area contributed by atoms with E-state index in [1.54, 1.807) is 17.0 Å². The molecule has 3 rings (SSSR count). The van der Waals surface area contributed by atoms with E-state index in [0.29, 0.717) is 11.4 Å². The topological polar surface area (TPSA) is 66.5 Å². The van der Waals surface area contributed by atoms with Gasteiger partial charge < -0.3 is 4.90 Å². The van der Waals surface area contributed by atoms with Gasteiger partial charge in [-0.15, -0.1) is 0 Å². The van der Waals surface area contributed by atoms with Crippen LogP contribution in [0.15, 0.2) is 23.1 Å². The van der Waals surface area contributed by atoms with Crippen LogP contribution in [0.3, 0.4) is 0 Å². The highest BCUT2D eigenvalue weighted by Crippen LogP contribution is 2.25. The van der Waals surface area contributed by atoms with Crippen molar-refractivity contribution in [1.82, 2.24) is 9.62 Å². The minimum Gasteiger partial charge on any atom is -0.339 e. The molecule has 0 saturated carbocycles. The summed E-state index contributed by atoms with van der Waals surface area (Å²) >= 11 is 0. The highest BCUT2D eigenvalue weighted by atomic mass is 32.2. The van der Waals surface area contributed by atoms with Crippen LogP contribution in [0.5, 0.6) is 0 Å². The van der Waals surface area contributed by atoms with E-state index in [9.17, 15) is 13.2 Å². The average Bonchev–Trinajstić information content (AvgIpc) is 2.86. The number of hydrogen-bond donors (Lipinski definition) is 1. The number of rotatable bonds is 4. The molecule has 1 saturated heterocycles. The molecule has 0 spiro atoms. The summed E-state index contributed by atoms with van der Waals surface area (Å²) in [5.41, 5.74) is 2.41. The van der Waals surface area contributed by atoms with Crippen LogP contribution in [-0.4, -0.2) is 37.9 Å². The molecule has 23 heavy (non-hydrogen) atoms. The first-order chi connectivity index (χ1) is 10.9. The molecular weight excluding hydrogens is 312 g/mol. The Morgan fingerprint density at radius 2 is 1.87 bits per heavy atom. The van der Waals surface area contributed by atoms with Gasteiger partial charge in [-0.3, -0.25) is 4.79 Å². The number of likely N-dealkylation sites (tertiary alicyclic amines) is 1. The fourth-order valence-corrected chi connectivity index (χ4v) is 4.75. The molecule has 1 amide bonds. The largest absolute Gasteiger partial charge is 0.339 e. The molecule has 1 heterocycles. The van der Waals surface area contributed by atoms with Crippen LogP contribution in [0, 0.1) is 0 Å². The summed E-state index contributed by atoms with van der Waals surface area (Å²) < 4.78 is 27.9. The molecular formula is C17H24N2O3S. The summed E-state index contributed by atoms with van der Waals surface area (Å²) in [4.78, 5) is 14.0. The van der Waals surface area contributed by atoms with Gasteiger partial charge in [0, 0.05) is 25.0 Å². The lowest BCUT2D eigenvalue weighted by atomic mass is 9.92. The Morgan fingerprint density at radius 3 is 2.52 bits per heavy atom. The van der Waals surface area contributed by atoms with E-state index in [2.05, 4.69) is 4.72 Å². The van der Waals surface area contributed by atoms with E-state index in [1.807, 2.05) is 19.9 Å². The second-order valence-corrected chi connectivity index (χ2v) is 8.51. The number of aryl methyl sites for hydroxylation is 2. The fourth-order valence-electron chi connectivity index (χ4n) is 3.47. The van der Waals surface area contributed by atoms with Crippen LogP contribution < -0.4 is 4.72 Å². The number of hydrogen-bond acceptors (Lipinski definition) is 3. The Labute approximate surface area is 138 Å². The lowest BCUT2D eigenvalue weighted by molar-refractivity contribution is -0.129. The molecule has 1 aliphatic carbocycles. The zero-order valence-electron chi connectivity index (χ0n) is 13.7. The van der Waals surface area contributed by atoms with Crippen molar-refractivity contribution < 1.29 is 13.2 Å². The van der Waals surface area contributed by atoms with Gasteiger partial charge in [0.1, 0.15) is 0 Å².